The molecule has 2 heterocycles. The van der Waals surface area contributed by atoms with E-state index in [9.17, 15) is 0 Å². The summed E-state index contributed by atoms with van der Waals surface area (Å²) in [7, 11) is 0. The van der Waals surface area contributed by atoms with Crippen LogP contribution in [0.5, 0.6) is 0 Å². The molecule has 3 heteroatoms. The molecule has 112 valence electrons. The Hall–Kier alpha value is -0.380. The molecule has 4 atom stereocenters. The monoisotopic (exact) mass is 292 g/mol. The Morgan fingerprint density at radius 1 is 1.30 bits per heavy atom. The SMILES string of the molecule is CCC(NC1CCCCC1C1CCCN1)c1cccs1. The lowest BCUT2D eigenvalue weighted by molar-refractivity contribution is 0.200. The number of hydrogen-bond donors (Lipinski definition) is 2. The van der Waals surface area contributed by atoms with E-state index < -0.39 is 0 Å². The highest BCUT2D eigenvalue weighted by atomic mass is 32.1. The molecular weight excluding hydrogens is 264 g/mol. The molecule has 0 bridgehead atoms. The van der Waals surface area contributed by atoms with Gasteiger partial charge in [0.2, 0.25) is 0 Å². The van der Waals surface area contributed by atoms with Crippen LogP contribution < -0.4 is 10.6 Å². The van der Waals surface area contributed by atoms with Gasteiger partial charge in [-0.25, -0.2) is 0 Å². The van der Waals surface area contributed by atoms with Gasteiger partial charge in [-0.15, -0.1) is 11.3 Å². The molecule has 20 heavy (non-hydrogen) atoms. The zero-order valence-corrected chi connectivity index (χ0v) is 13.4. The predicted octanol–water partition coefficient (Wildman–Crippen LogP) is 4.10. The molecule has 0 aromatic carbocycles. The van der Waals surface area contributed by atoms with Crippen LogP contribution >= 0.6 is 11.3 Å². The first-order valence-electron chi connectivity index (χ1n) is 8.41. The molecule has 1 aromatic heterocycles. The third-order valence-corrected chi connectivity index (χ3v) is 6.13. The van der Waals surface area contributed by atoms with Gasteiger partial charge in [-0.1, -0.05) is 25.8 Å². The van der Waals surface area contributed by atoms with Gasteiger partial charge < -0.3 is 10.6 Å². The fourth-order valence-corrected chi connectivity index (χ4v) is 4.94. The average molecular weight is 292 g/mol. The first-order chi connectivity index (χ1) is 9.88. The maximum absolute atomic E-state index is 4.01. The predicted molar refractivity (Wildman–Crippen MR) is 87.3 cm³/mol. The van der Waals surface area contributed by atoms with Crippen LogP contribution in [0.2, 0.25) is 0 Å². The molecule has 0 amide bonds. The van der Waals surface area contributed by atoms with E-state index in [0.29, 0.717) is 12.1 Å². The smallest absolute Gasteiger partial charge is 0.0414 e. The van der Waals surface area contributed by atoms with Gasteiger partial charge in [0.25, 0.3) is 0 Å². The molecule has 2 aliphatic rings. The average Bonchev–Trinajstić information content (AvgIpc) is 3.18. The standard InChI is InChI=1S/C17H28N2S/c1-2-14(17-10-6-12-20-17)19-16-8-4-3-7-13(16)15-9-5-11-18-15/h6,10,12-16,18-19H,2-5,7-9,11H2,1H3. The van der Waals surface area contributed by atoms with Crippen molar-refractivity contribution in [2.75, 3.05) is 6.54 Å². The summed E-state index contributed by atoms with van der Waals surface area (Å²) in [5, 5.41) is 9.96. The van der Waals surface area contributed by atoms with Gasteiger partial charge in [0.15, 0.2) is 0 Å². The Kier molecular flexibility index (Phi) is 5.14. The van der Waals surface area contributed by atoms with Gasteiger partial charge in [0, 0.05) is 23.0 Å². The lowest BCUT2D eigenvalue weighted by atomic mass is 9.79. The number of rotatable bonds is 5. The van der Waals surface area contributed by atoms with Gasteiger partial charge in [0.1, 0.15) is 0 Å². The van der Waals surface area contributed by atoms with Crippen molar-refractivity contribution in [3.05, 3.63) is 22.4 Å². The van der Waals surface area contributed by atoms with E-state index in [-0.39, 0.29) is 0 Å². The van der Waals surface area contributed by atoms with Gasteiger partial charge >= 0.3 is 0 Å². The first-order valence-corrected chi connectivity index (χ1v) is 9.29. The highest BCUT2D eigenvalue weighted by molar-refractivity contribution is 7.10. The number of hydrogen-bond acceptors (Lipinski definition) is 3. The van der Waals surface area contributed by atoms with Crippen LogP contribution in [0.25, 0.3) is 0 Å². The lowest BCUT2D eigenvalue weighted by Gasteiger charge is -2.38. The number of thiophene rings is 1. The third-order valence-electron chi connectivity index (χ3n) is 5.14. The van der Waals surface area contributed by atoms with Gasteiger partial charge in [-0.3, -0.25) is 0 Å². The van der Waals surface area contributed by atoms with E-state index in [1.807, 2.05) is 11.3 Å². The van der Waals surface area contributed by atoms with Crippen LogP contribution in [0.1, 0.15) is 62.8 Å². The van der Waals surface area contributed by atoms with E-state index in [1.54, 1.807) is 0 Å². The van der Waals surface area contributed by atoms with Crippen molar-refractivity contribution in [2.45, 2.75) is 70.0 Å². The fraction of sp³-hybridized carbons (Fsp3) is 0.765. The summed E-state index contributed by atoms with van der Waals surface area (Å²) in [5.41, 5.74) is 0. The molecule has 0 radical (unpaired) electrons. The molecule has 4 unspecified atom stereocenters. The van der Waals surface area contributed by atoms with Crippen LogP contribution in [0.3, 0.4) is 0 Å². The van der Waals surface area contributed by atoms with Crippen LogP contribution in [0.4, 0.5) is 0 Å². The largest absolute Gasteiger partial charge is 0.314 e. The second kappa shape index (κ2) is 7.06. The summed E-state index contributed by atoms with van der Waals surface area (Å²) in [4.78, 5) is 1.51. The zero-order valence-electron chi connectivity index (χ0n) is 12.6. The Bertz CT molecular complexity index is 384. The molecule has 2 fully saturated rings. The summed E-state index contributed by atoms with van der Waals surface area (Å²) in [6.07, 6.45) is 9.57. The normalized spacial score (nSPS) is 32.4. The minimum Gasteiger partial charge on any atom is -0.314 e. The molecule has 1 aliphatic heterocycles. The lowest BCUT2D eigenvalue weighted by Crippen LogP contribution is -2.47. The van der Waals surface area contributed by atoms with Crippen LogP contribution in [0.15, 0.2) is 17.5 Å². The molecule has 1 saturated carbocycles. The van der Waals surface area contributed by atoms with Crippen molar-refractivity contribution in [3.63, 3.8) is 0 Å². The van der Waals surface area contributed by atoms with Gasteiger partial charge in [-0.2, -0.15) is 0 Å². The molecular formula is C17H28N2S. The summed E-state index contributed by atoms with van der Waals surface area (Å²) >= 11 is 1.90. The molecule has 3 rings (SSSR count). The Balaban J connectivity index is 1.66. The summed E-state index contributed by atoms with van der Waals surface area (Å²) in [5.74, 6) is 0.847. The van der Waals surface area contributed by atoms with Crippen LogP contribution in [0, 0.1) is 5.92 Å². The van der Waals surface area contributed by atoms with Crippen molar-refractivity contribution >= 4 is 11.3 Å². The van der Waals surface area contributed by atoms with Crippen molar-refractivity contribution in [2.24, 2.45) is 5.92 Å². The fourth-order valence-electron chi connectivity index (χ4n) is 4.07. The van der Waals surface area contributed by atoms with E-state index in [2.05, 4.69) is 35.1 Å². The minimum atomic E-state index is 0.557. The second-order valence-corrected chi connectivity index (χ2v) is 7.38. The number of nitrogens with one attached hydrogen (secondary N) is 2. The third kappa shape index (κ3) is 3.26. The Morgan fingerprint density at radius 3 is 2.90 bits per heavy atom. The molecule has 1 aromatic rings. The zero-order chi connectivity index (χ0) is 13.8. The summed E-state index contributed by atoms with van der Waals surface area (Å²) in [6.45, 7) is 3.54. The van der Waals surface area contributed by atoms with Crippen molar-refractivity contribution in [3.8, 4) is 0 Å². The van der Waals surface area contributed by atoms with Crippen LogP contribution in [-0.2, 0) is 0 Å². The topological polar surface area (TPSA) is 24.1 Å². The highest BCUT2D eigenvalue weighted by Gasteiger charge is 2.34. The van der Waals surface area contributed by atoms with E-state index in [4.69, 9.17) is 0 Å². The van der Waals surface area contributed by atoms with Gasteiger partial charge in [0.05, 0.1) is 0 Å². The Morgan fingerprint density at radius 2 is 2.20 bits per heavy atom. The van der Waals surface area contributed by atoms with E-state index >= 15 is 0 Å². The molecule has 1 saturated heterocycles. The van der Waals surface area contributed by atoms with Crippen LogP contribution in [-0.4, -0.2) is 18.6 Å². The molecule has 2 N–H and O–H groups in total. The molecule has 0 spiro atoms. The molecule has 2 nitrogen and oxygen atoms in total. The second-order valence-electron chi connectivity index (χ2n) is 6.40. The van der Waals surface area contributed by atoms with Crippen molar-refractivity contribution in [1.82, 2.24) is 10.6 Å². The van der Waals surface area contributed by atoms with Gasteiger partial charge in [-0.05, 0) is 56.0 Å². The minimum absolute atomic E-state index is 0.557. The summed E-state index contributed by atoms with van der Waals surface area (Å²) in [6, 6.07) is 6.51. The van der Waals surface area contributed by atoms with Crippen molar-refractivity contribution < 1.29 is 0 Å². The highest BCUT2D eigenvalue weighted by Crippen LogP contribution is 2.33. The first kappa shape index (κ1) is 14.6. The van der Waals surface area contributed by atoms with Crippen molar-refractivity contribution in [1.29, 1.82) is 0 Å². The Labute approximate surface area is 127 Å². The quantitative estimate of drug-likeness (QED) is 0.854. The molecule has 1 aliphatic carbocycles. The maximum Gasteiger partial charge on any atom is 0.0414 e. The maximum atomic E-state index is 4.01. The van der Waals surface area contributed by atoms with E-state index in [0.717, 1.165) is 12.0 Å². The van der Waals surface area contributed by atoms with E-state index in [1.165, 1.54) is 56.4 Å². The summed E-state index contributed by atoms with van der Waals surface area (Å²) < 4.78 is 0.